The number of hydrogen-bond donors (Lipinski definition) is 1. The number of carbonyl (C=O) groups excluding carboxylic acids is 4. The summed E-state index contributed by atoms with van der Waals surface area (Å²) in [4.78, 5) is 51.8. The smallest absolute Gasteiger partial charge is 0.421 e. The molecule has 0 aliphatic carbocycles. The molecule has 2 aliphatic heterocycles. The fourth-order valence-corrected chi connectivity index (χ4v) is 5.12. The maximum absolute atomic E-state index is 12.5. The molecule has 1 N–H and O–H groups in total. The Hall–Kier alpha value is -2.23. The molecule has 1 saturated heterocycles. The fraction of sp³-hybridized carbons (Fsp3) is 0.714. The molecule has 0 bridgehead atoms. The van der Waals surface area contributed by atoms with Crippen LogP contribution in [-0.2, 0) is 19.1 Å². The van der Waals surface area contributed by atoms with Gasteiger partial charge in [0.15, 0.2) is 0 Å². The van der Waals surface area contributed by atoms with Gasteiger partial charge in [0, 0.05) is 37.4 Å². The van der Waals surface area contributed by atoms with E-state index in [0.717, 1.165) is 43.7 Å². The number of nitrogens with zero attached hydrogens (tertiary/aromatic N) is 2. The van der Waals surface area contributed by atoms with Gasteiger partial charge in [0.05, 0.1) is 25.1 Å². The third-order valence-electron chi connectivity index (χ3n) is 5.30. The maximum Gasteiger partial charge on any atom is 0.421 e. The third-order valence-corrected chi connectivity index (χ3v) is 6.62. The molecule has 0 spiro atoms. The average molecular weight is 456 g/mol. The Morgan fingerprint density at radius 2 is 1.87 bits per heavy atom. The van der Waals surface area contributed by atoms with Crippen LogP contribution >= 0.6 is 11.8 Å². The zero-order valence-corrected chi connectivity index (χ0v) is 19.4. The SMILES string of the molecule is CCOC(=O)N(C(C)=O)C1=C(NC(=O)OC)CSC1CCCCC(=O)N1CCCCC1. The van der Waals surface area contributed by atoms with Crippen molar-refractivity contribution in [1.82, 2.24) is 15.1 Å². The molecule has 0 radical (unpaired) electrons. The lowest BCUT2D eigenvalue weighted by atomic mass is 10.1. The number of carbonyl (C=O) groups is 4. The van der Waals surface area contributed by atoms with Crippen molar-refractivity contribution < 1.29 is 28.7 Å². The summed E-state index contributed by atoms with van der Waals surface area (Å²) in [6.45, 7) is 4.78. The third kappa shape index (κ3) is 7.15. The number of rotatable bonds is 8. The van der Waals surface area contributed by atoms with E-state index in [4.69, 9.17) is 4.74 Å². The van der Waals surface area contributed by atoms with Gasteiger partial charge in [0.25, 0.3) is 0 Å². The van der Waals surface area contributed by atoms with Crippen molar-refractivity contribution >= 4 is 35.8 Å². The Morgan fingerprint density at radius 3 is 2.48 bits per heavy atom. The molecule has 2 rings (SSSR count). The number of amides is 4. The van der Waals surface area contributed by atoms with E-state index >= 15 is 0 Å². The highest BCUT2D eigenvalue weighted by molar-refractivity contribution is 8.00. The molecule has 10 heteroatoms. The lowest BCUT2D eigenvalue weighted by Crippen LogP contribution is -2.40. The Morgan fingerprint density at radius 1 is 1.16 bits per heavy atom. The molecule has 2 aliphatic rings. The summed E-state index contributed by atoms with van der Waals surface area (Å²) >= 11 is 1.54. The van der Waals surface area contributed by atoms with Gasteiger partial charge in [0.1, 0.15) is 0 Å². The quantitative estimate of drug-likeness (QED) is 0.560. The lowest BCUT2D eigenvalue weighted by molar-refractivity contribution is -0.132. The van der Waals surface area contributed by atoms with Crippen LogP contribution in [0.15, 0.2) is 11.4 Å². The summed E-state index contributed by atoms with van der Waals surface area (Å²) in [5, 5.41) is 2.45. The highest BCUT2D eigenvalue weighted by atomic mass is 32.2. The van der Waals surface area contributed by atoms with Crippen molar-refractivity contribution in [3.63, 3.8) is 0 Å². The van der Waals surface area contributed by atoms with Crippen LogP contribution in [-0.4, -0.2) is 71.6 Å². The zero-order chi connectivity index (χ0) is 22.8. The van der Waals surface area contributed by atoms with Crippen molar-refractivity contribution in [3.05, 3.63) is 11.4 Å². The van der Waals surface area contributed by atoms with Gasteiger partial charge in [-0.3, -0.25) is 14.9 Å². The van der Waals surface area contributed by atoms with Crippen LogP contribution in [0.1, 0.15) is 58.8 Å². The minimum atomic E-state index is -0.762. The van der Waals surface area contributed by atoms with E-state index in [1.54, 1.807) is 6.92 Å². The van der Waals surface area contributed by atoms with Gasteiger partial charge in [-0.2, -0.15) is 0 Å². The van der Waals surface area contributed by atoms with Crippen molar-refractivity contribution in [3.8, 4) is 0 Å². The predicted octanol–water partition coefficient (Wildman–Crippen LogP) is 3.25. The number of ether oxygens (including phenoxy) is 2. The number of imide groups is 1. The van der Waals surface area contributed by atoms with Crippen molar-refractivity contribution in [2.24, 2.45) is 0 Å². The number of nitrogens with one attached hydrogen (secondary N) is 1. The second-order valence-electron chi connectivity index (χ2n) is 7.52. The predicted molar refractivity (Wildman–Crippen MR) is 117 cm³/mol. The van der Waals surface area contributed by atoms with E-state index in [9.17, 15) is 19.2 Å². The molecule has 2 heterocycles. The maximum atomic E-state index is 12.5. The molecule has 0 saturated carbocycles. The Labute approximate surface area is 187 Å². The number of unbranched alkanes of at least 4 members (excludes halogenated alkanes) is 1. The molecule has 0 aromatic carbocycles. The summed E-state index contributed by atoms with van der Waals surface area (Å²) in [5.41, 5.74) is 0.901. The number of likely N-dealkylation sites (tertiary alicyclic amines) is 1. The Bertz CT molecular complexity index is 705. The Kier molecular flexibility index (Phi) is 10.2. The van der Waals surface area contributed by atoms with Crippen LogP contribution in [0.3, 0.4) is 0 Å². The van der Waals surface area contributed by atoms with Crippen molar-refractivity contribution in [2.45, 2.75) is 64.0 Å². The monoisotopic (exact) mass is 455 g/mol. The molecule has 0 aromatic heterocycles. The van der Waals surface area contributed by atoms with E-state index < -0.39 is 18.1 Å². The number of piperidine rings is 1. The van der Waals surface area contributed by atoms with Gasteiger partial charge >= 0.3 is 12.2 Å². The van der Waals surface area contributed by atoms with Crippen LogP contribution in [0.25, 0.3) is 0 Å². The van der Waals surface area contributed by atoms with Crippen LogP contribution < -0.4 is 5.32 Å². The topological polar surface area (TPSA) is 105 Å². The summed E-state index contributed by atoms with van der Waals surface area (Å²) in [7, 11) is 1.25. The largest absolute Gasteiger partial charge is 0.453 e. The number of methoxy groups -OCH3 is 1. The molecule has 1 unspecified atom stereocenters. The summed E-state index contributed by atoms with van der Waals surface area (Å²) in [5.74, 6) is 0.148. The van der Waals surface area contributed by atoms with Gasteiger partial charge in [-0.25, -0.2) is 14.5 Å². The molecular formula is C21H33N3O6S. The van der Waals surface area contributed by atoms with E-state index in [0.29, 0.717) is 30.0 Å². The summed E-state index contributed by atoms with van der Waals surface area (Å²) in [6.07, 6.45) is 4.58. The first kappa shape index (κ1) is 25.0. The number of thioether (sulfide) groups is 1. The average Bonchev–Trinajstić information content (AvgIpc) is 3.13. The molecule has 1 atom stereocenters. The van der Waals surface area contributed by atoms with Crippen molar-refractivity contribution in [1.29, 1.82) is 0 Å². The van der Waals surface area contributed by atoms with Crippen molar-refractivity contribution in [2.75, 3.05) is 32.6 Å². The van der Waals surface area contributed by atoms with E-state index in [1.807, 2.05) is 4.90 Å². The van der Waals surface area contributed by atoms with E-state index in [1.165, 1.54) is 32.2 Å². The molecule has 9 nitrogen and oxygen atoms in total. The van der Waals surface area contributed by atoms with Gasteiger partial charge in [0.2, 0.25) is 11.8 Å². The molecule has 1 fully saturated rings. The highest BCUT2D eigenvalue weighted by Gasteiger charge is 2.37. The summed E-state index contributed by atoms with van der Waals surface area (Å²) in [6, 6.07) is 0. The highest BCUT2D eigenvalue weighted by Crippen LogP contribution is 2.37. The van der Waals surface area contributed by atoms with Gasteiger partial charge < -0.3 is 14.4 Å². The first-order chi connectivity index (χ1) is 14.9. The standard InChI is InChI=1S/C21H33N3O6S/c1-4-30-21(28)24(15(2)25)19-16(22-20(27)29-3)14-31-17(19)10-6-7-11-18(26)23-12-8-5-9-13-23/h17H,4-14H2,1-3H3,(H,22,27). The first-order valence-corrected chi connectivity index (χ1v) is 11.9. The number of hydrogen-bond acceptors (Lipinski definition) is 7. The van der Waals surface area contributed by atoms with Crippen LogP contribution in [0.2, 0.25) is 0 Å². The second kappa shape index (κ2) is 12.6. The normalized spacial score (nSPS) is 18.5. The number of alkyl carbamates (subject to hydrolysis) is 1. The second-order valence-corrected chi connectivity index (χ2v) is 8.71. The molecule has 0 aromatic rings. The Balaban J connectivity index is 2.04. The van der Waals surface area contributed by atoms with Crippen LogP contribution in [0.4, 0.5) is 9.59 Å². The minimum Gasteiger partial charge on any atom is -0.453 e. The van der Waals surface area contributed by atoms with E-state index in [-0.39, 0.29) is 17.8 Å². The van der Waals surface area contributed by atoms with Crippen LogP contribution in [0, 0.1) is 0 Å². The fourth-order valence-electron chi connectivity index (χ4n) is 3.80. The zero-order valence-electron chi connectivity index (χ0n) is 18.6. The molecule has 4 amide bonds. The van der Waals surface area contributed by atoms with E-state index in [2.05, 4.69) is 10.1 Å². The van der Waals surface area contributed by atoms with Gasteiger partial charge in [-0.05, 0) is 39.0 Å². The van der Waals surface area contributed by atoms with Crippen LogP contribution in [0.5, 0.6) is 0 Å². The lowest BCUT2D eigenvalue weighted by Gasteiger charge is -2.27. The molecule has 31 heavy (non-hydrogen) atoms. The minimum absolute atomic E-state index is 0.131. The summed E-state index contributed by atoms with van der Waals surface area (Å²) < 4.78 is 9.73. The van der Waals surface area contributed by atoms with Gasteiger partial charge in [-0.15, -0.1) is 11.8 Å². The molecular weight excluding hydrogens is 422 g/mol. The van der Waals surface area contributed by atoms with Gasteiger partial charge in [-0.1, -0.05) is 6.42 Å². The molecule has 174 valence electrons. The first-order valence-electron chi connectivity index (χ1n) is 10.8.